The molecule has 0 spiro atoms. The van der Waals surface area contributed by atoms with Gasteiger partial charge in [0.15, 0.2) is 0 Å². The Bertz CT molecular complexity index is 836. The van der Waals surface area contributed by atoms with Crippen LogP contribution in [0.15, 0.2) is 36.4 Å². The molecule has 4 heteroatoms. The highest BCUT2D eigenvalue weighted by Gasteiger charge is 2.21. The summed E-state index contributed by atoms with van der Waals surface area (Å²) in [4.78, 5) is 17.2. The summed E-state index contributed by atoms with van der Waals surface area (Å²) in [6.45, 7) is 7.90. The van der Waals surface area contributed by atoms with E-state index in [4.69, 9.17) is 4.74 Å². The number of aryl methyl sites for hydroxylation is 1. The van der Waals surface area contributed by atoms with Gasteiger partial charge in [-0.2, -0.15) is 0 Å². The van der Waals surface area contributed by atoms with Crippen LogP contribution in [0.25, 0.3) is 0 Å². The highest BCUT2D eigenvalue weighted by Crippen LogP contribution is 2.23. The van der Waals surface area contributed by atoms with E-state index in [1.54, 1.807) is 0 Å². The minimum atomic E-state index is 0.170. The van der Waals surface area contributed by atoms with Crippen LogP contribution in [0.4, 0.5) is 0 Å². The van der Waals surface area contributed by atoms with Gasteiger partial charge in [0.05, 0.1) is 0 Å². The second-order valence-electron chi connectivity index (χ2n) is 8.24. The van der Waals surface area contributed by atoms with E-state index in [1.165, 1.54) is 31.5 Å². The van der Waals surface area contributed by atoms with Crippen molar-refractivity contribution >= 4 is 5.91 Å². The molecule has 2 fully saturated rings. The first kappa shape index (κ1) is 20.0. The Morgan fingerprint density at radius 3 is 2.59 bits per heavy atom. The lowest BCUT2D eigenvalue weighted by molar-refractivity contribution is 0.0792. The van der Waals surface area contributed by atoms with Gasteiger partial charge < -0.3 is 9.64 Å². The number of nitrogens with zero attached hydrogens (tertiary/aromatic N) is 2. The molecule has 2 aliphatic rings. The number of benzene rings is 2. The van der Waals surface area contributed by atoms with Crippen LogP contribution in [0.2, 0.25) is 0 Å². The second kappa shape index (κ2) is 9.45. The Kier molecular flexibility index (Phi) is 6.50. The quantitative estimate of drug-likeness (QED) is 0.712. The molecular weight excluding hydrogens is 360 g/mol. The molecule has 2 saturated heterocycles. The zero-order chi connectivity index (χ0) is 20.1. The lowest BCUT2D eigenvalue weighted by Gasteiger charge is -2.18. The van der Waals surface area contributed by atoms with Crippen molar-refractivity contribution in [2.24, 2.45) is 0 Å². The first-order chi connectivity index (χ1) is 14.2. The molecule has 2 heterocycles. The van der Waals surface area contributed by atoms with Gasteiger partial charge in [-0.3, -0.25) is 9.69 Å². The SMILES string of the molecule is Cc1cc(Cc2[c]cccc2OCCN2CCCC2)ccc1C(=O)N1CCCC1. The average molecular weight is 392 g/mol. The number of rotatable bonds is 7. The van der Waals surface area contributed by atoms with Crippen molar-refractivity contribution in [3.63, 3.8) is 0 Å². The van der Waals surface area contributed by atoms with E-state index in [-0.39, 0.29) is 5.91 Å². The van der Waals surface area contributed by atoms with Crippen LogP contribution >= 0.6 is 0 Å². The molecule has 0 N–H and O–H groups in total. The van der Waals surface area contributed by atoms with Crippen LogP contribution in [0.1, 0.15) is 52.7 Å². The molecule has 1 amide bonds. The Balaban J connectivity index is 1.40. The van der Waals surface area contributed by atoms with E-state index < -0.39 is 0 Å². The number of hydrogen-bond acceptors (Lipinski definition) is 3. The van der Waals surface area contributed by atoms with Crippen molar-refractivity contribution in [2.45, 2.75) is 39.0 Å². The Hall–Kier alpha value is -2.33. The first-order valence-corrected chi connectivity index (χ1v) is 10.9. The summed E-state index contributed by atoms with van der Waals surface area (Å²) in [7, 11) is 0. The van der Waals surface area contributed by atoms with Crippen LogP contribution in [0.3, 0.4) is 0 Å². The number of carbonyl (C=O) groups is 1. The normalized spacial score (nSPS) is 17.1. The van der Waals surface area contributed by atoms with Crippen molar-refractivity contribution < 1.29 is 9.53 Å². The third kappa shape index (κ3) is 4.99. The minimum Gasteiger partial charge on any atom is -0.492 e. The lowest BCUT2D eigenvalue weighted by atomic mass is 9.99. The highest BCUT2D eigenvalue weighted by atomic mass is 16.5. The average Bonchev–Trinajstić information content (AvgIpc) is 3.43. The van der Waals surface area contributed by atoms with Crippen molar-refractivity contribution in [1.29, 1.82) is 0 Å². The van der Waals surface area contributed by atoms with Gasteiger partial charge >= 0.3 is 0 Å². The molecule has 4 rings (SSSR count). The zero-order valence-electron chi connectivity index (χ0n) is 17.5. The molecule has 0 atom stereocenters. The standard InChI is InChI=1S/C25H31N2O2/c1-20-18-21(10-11-23(20)25(28)27-14-6-7-15-27)19-22-8-2-3-9-24(22)29-17-16-26-12-4-5-13-26/h2-3,9-11,18H,4-7,12-17,19H2,1H3. The van der Waals surface area contributed by atoms with Crippen LogP contribution in [-0.2, 0) is 6.42 Å². The fourth-order valence-corrected chi connectivity index (χ4v) is 4.39. The fourth-order valence-electron chi connectivity index (χ4n) is 4.39. The number of hydrogen-bond donors (Lipinski definition) is 0. The molecule has 0 aromatic heterocycles. The van der Waals surface area contributed by atoms with E-state index >= 15 is 0 Å². The molecule has 29 heavy (non-hydrogen) atoms. The molecule has 0 saturated carbocycles. The molecular formula is C25H31N2O2. The van der Waals surface area contributed by atoms with E-state index in [2.05, 4.69) is 23.1 Å². The maximum absolute atomic E-state index is 12.7. The third-order valence-electron chi connectivity index (χ3n) is 6.06. The molecule has 153 valence electrons. The summed E-state index contributed by atoms with van der Waals surface area (Å²) < 4.78 is 6.10. The molecule has 2 aromatic carbocycles. The minimum absolute atomic E-state index is 0.170. The summed E-state index contributed by atoms with van der Waals surface area (Å²) in [5, 5.41) is 0. The number of likely N-dealkylation sites (tertiary alicyclic amines) is 2. The largest absolute Gasteiger partial charge is 0.492 e. The van der Waals surface area contributed by atoms with Gasteiger partial charge in [0.1, 0.15) is 12.4 Å². The number of ether oxygens (including phenoxy) is 1. The molecule has 2 aromatic rings. The van der Waals surface area contributed by atoms with Crippen LogP contribution < -0.4 is 4.74 Å². The van der Waals surface area contributed by atoms with Crippen LogP contribution in [0, 0.1) is 13.0 Å². The van der Waals surface area contributed by atoms with Gasteiger partial charge in [-0.05, 0) is 75.0 Å². The van der Waals surface area contributed by atoms with Gasteiger partial charge in [-0.15, -0.1) is 0 Å². The fraction of sp³-hybridized carbons (Fsp3) is 0.480. The summed E-state index contributed by atoms with van der Waals surface area (Å²) in [5.74, 6) is 1.09. The molecule has 0 bridgehead atoms. The predicted molar refractivity (Wildman–Crippen MR) is 116 cm³/mol. The van der Waals surface area contributed by atoms with Crippen molar-refractivity contribution in [3.8, 4) is 5.75 Å². The predicted octanol–water partition coefficient (Wildman–Crippen LogP) is 4.10. The van der Waals surface area contributed by atoms with Gasteiger partial charge in [-0.1, -0.05) is 24.3 Å². The first-order valence-electron chi connectivity index (χ1n) is 10.9. The van der Waals surface area contributed by atoms with Gasteiger partial charge in [-0.25, -0.2) is 0 Å². The van der Waals surface area contributed by atoms with E-state index in [1.807, 2.05) is 36.1 Å². The Morgan fingerprint density at radius 1 is 1.07 bits per heavy atom. The third-order valence-corrected chi connectivity index (χ3v) is 6.06. The molecule has 0 aliphatic carbocycles. The Labute approximate surface area is 174 Å². The van der Waals surface area contributed by atoms with Crippen molar-refractivity contribution in [1.82, 2.24) is 9.80 Å². The topological polar surface area (TPSA) is 32.8 Å². The number of amides is 1. The monoisotopic (exact) mass is 391 g/mol. The molecule has 2 aliphatic heterocycles. The van der Waals surface area contributed by atoms with Crippen molar-refractivity contribution in [2.75, 3.05) is 39.3 Å². The highest BCUT2D eigenvalue weighted by molar-refractivity contribution is 5.95. The lowest BCUT2D eigenvalue weighted by Crippen LogP contribution is -2.28. The van der Waals surface area contributed by atoms with E-state index in [0.29, 0.717) is 6.61 Å². The van der Waals surface area contributed by atoms with E-state index in [0.717, 1.165) is 61.3 Å². The van der Waals surface area contributed by atoms with Gasteiger partial charge in [0.25, 0.3) is 5.91 Å². The van der Waals surface area contributed by atoms with Gasteiger partial charge in [0, 0.05) is 37.2 Å². The molecule has 0 unspecified atom stereocenters. The van der Waals surface area contributed by atoms with Gasteiger partial charge in [0.2, 0.25) is 0 Å². The summed E-state index contributed by atoms with van der Waals surface area (Å²) in [6, 6.07) is 15.5. The van der Waals surface area contributed by atoms with Crippen LogP contribution in [0.5, 0.6) is 5.75 Å². The number of carbonyl (C=O) groups excluding carboxylic acids is 1. The summed E-state index contributed by atoms with van der Waals surface area (Å²) in [5.41, 5.74) is 4.14. The smallest absolute Gasteiger partial charge is 0.254 e. The summed E-state index contributed by atoms with van der Waals surface area (Å²) in [6.07, 6.45) is 5.61. The zero-order valence-corrected chi connectivity index (χ0v) is 17.5. The maximum atomic E-state index is 12.7. The van der Waals surface area contributed by atoms with Crippen LogP contribution in [-0.4, -0.2) is 55.0 Å². The molecule has 4 nitrogen and oxygen atoms in total. The maximum Gasteiger partial charge on any atom is 0.254 e. The van der Waals surface area contributed by atoms with E-state index in [9.17, 15) is 4.79 Å². The molecule has 1 radical (unpaired) electrons. The van der Waals surface area contributed by atoms with Crippen molar-refractivity contribution in [3.05, 3.63) is 64.7 Å². The Morgan fingerprint density at radius 2 is 1.83 bits per heavy atom. The second-order valence-corrected chi connectivity index (χ2v) is 8.24. The summed E-state index contributed by atoms with van der Waals surface area (Å²) >= 11 is 0.